The summed E-state index contributed by atoms with van der Waals surface area (Å²) < 4.78 is 6.87. The third-order valence-electron chi connectivity index (χ3n) is 2.23. The summed E-state index contributed by atoms with van der Waals surface area (Å²) in [4.78, 5) is 0. The third kappa shape index (κ3) is 2.75. The second-order valence-corrected chi connectivity index (χ2v) is 5.53. The van der Waals surface area contributed by atoms with E-state index >= 15 is 0 Å². The van der Waals surface area contributed by atoms with Gasteiger partial charge in [-0.15, -0.1) is 0 Å². The molecule has 2 nitrogen and oxygen atoms in total. The van der Waals surface area contributed by atoms with Crippen LogP contribution in [0.15, 0.2) is 31.8 Å². The van der Waals surface area contributed by atoms with Crippen molar-refractivity contribution in [3.63, 3.8) is 0 Å². The van der Waals surface area contributed by atoms with Gasteiger partial charge in [0.1, 0.15) is 11.5 Å². The van der Waals surface area contributed by atoms with E-state index in [1.807, 2.05) is 12.1 Å². The van der Waals surface area contributed by atoms with Gasteiger partial charge in [-0.2, -0.15) is 11.3 Å². The van der Waals surface area contributed by atoms with Crippen molar-refractivity contribution < 1.29 is 4.42 Å². The van der Waals surface area contributed by atoms with Crippen LogP contribution in [0, 0.1) is 0 Å². The Bertz CT molecular complexity index is 461. The van der Waals surface area contributed by atoms with E-state index in [1.54, 1.807) is 11.3 Å². The Morgan fingerprint density at radius 1 is 1.38 bits per heavy atom. The first-order valence-electron chi connectivity index (χ1n) is 5.21. The Morgan fingerprint density at radius 3 is 2.81 bits per heavy atom. The summed E-state index contributed by atoms with van der Waals surface area (Å²) in [6.45, 7) is 5.03. The summed E-state index contributed by atoms with van der Waals surface area (Å²) in [7, 11) is 0. The fraction of sp³-hybridized carbons (Fsp3) is 0.333. The van der Waals surface area contributed by atoms with Gasteiger partial charge in [-0.05, 0) is 28.1 Å². The van der Waals surface area contributed by atoms with E-state index in [0.717, 1.165) is 28.1 Å². The lowest BCUT2D eigenvalue weighted by atomic mass is 10.3. The lowest BCUT2D eigenvalue weighted by molar-refractivity contribution is 0.473. The molecule has 0 aliphatic rings. The van der Waals surface area contributed by atoms with Crippen molar-refractivity contribution in [2.75, 3.05) is 0 Å². The summed E-state index contributed by atoms with van der Waals surface area (Å²) in [5, 5.41) is 7.48. The average Bonchev–Trinajstić information content (AvgIpc) is 2.83. The summed E-state index contributed by atoms with van der Waals surface area (Å²) in [6.07, 6.45) is 0. The predicted octanol–water partition coefficient (Wildman–Crippen LogP) is 4.27. The first-order valence-corrected chi connectivity index (χ1v) is 6.94. The lowest BCUT2D eigenvalue weighted by Gasteiger charge is -2.04. The van der Waals surface area contributed by atoms with Gasteiger partial charge in [-0.3, -0.25) is 0 Å². The minimum atomic E-state index is 0.474. The van der Waals surface area contributed by atoms with Gasteiger partial charge < -0.3 is 9.73 Å². The maximum absolute atomic E-state index is 5.77. The SMILES string of the molecule is CC(C)NCc1ccc(-c2cscc2Br)o1. The average molecular weight is 300 g/mol. The van der Waals surface area contributed by atoms with Crippen molar-refractivity contribution in [3.05, 3.63) is 33.1 Å². The molecular weight excluding hydrogens is 286 g/mol. The normalized spacial score (nSPS) is 11.2. The maximum atomic E-state index is 5.77. The van der Waals surface area contributed by atoms with Gasteiger partial charge in [-0.1, -0.05) is 13.8 Å². The zero-order valence-corrected chi connectivity index (χ0v) is 11.7. The van der Waals surface area contributed by atoms with Crippen LogP contribution >= 0.6 is 27.3 Å². The van der Waals surface area contributed by atoms with Crippen LogP contribution in [-0.2, 0) is 6.54 Å². The maximum Gasteiger partial charge on any atom is 0.136 e. The molecular formula is C12H14BrNOS. The molecule has 2 aromatic heterocycles. The fourth-order valence-electron chi connectivity index (χ4n) is 1.38. The van der Waals surface area contributed by atoms with Crippen LogP contribution in [-0.4, -0.2) is 6.04 Å². The monoisotopic (exact) mass is 299 g/mol. The molecule has 0 radical (unpaired) electrons. The van der Waals surface area contributed by atoms with Crippen molar-refractivity contribution in [1.82, 2.24) is 5.32 Å². The Hall–Kier alpha value is -0.580. The third-order valence-corrected chi connectivity index (χ3v) is 3.93. The quantitative estimate of drug-likeness (QED) is 0.912. The minimum Gasteiger partial charge on any atom is -0.460 e. The van der Waals surface area contributed by atoms with Crippen molar-refractivity contribution in [1.29, 1.82) is 0 Å². The van der Waals surface area contributed by atoms with E-state index in [-0.39, 0.29) is 0 Å². The van der Waals surface area contributed by atoms with Gasteiger partial charge in [-0.25, -0.2) is 0 Å². The summed E-state index contributed by atoms with van der Waals surface area (Å²) in [5.41, 5.74) is 1.13. The number of halogens is 1. The van der Waals surface area contributed by atoms with Crippen LogP contribution in [0.4, 0.5) is 0 Å². The van der Waals surface area contributed by atoms with Gasteiger partial charge >= 0.3 is 0 Å². The summed E-state index contributed by atoms with van der Waals surface area (Å²) >= 11 is 5.18. The van der Waals surface area contributed by atoms with Gasteiger partial charge in [0.2, 0.25) is 0 Å². The summed E-state index contributed by atoms with van der Waals surface area (Å²) in [6, 6.07) is 4.51. The van der Waals surface area contributed by atoms with Crippen LogP contribution in [0.2, 0.25) is 0 Å². The second-order valence-electron chi connectivity index (χ2n) is 3.93. The molecule has 0 unspecified atom stereocenters. The molecule has 0 saturated carbocycles. The molecule has 0 fully saturated rings. The molecule has 2 aromatic rings. The highest BCUT2D eigenvalue weighted by Crippen LogP contribution is 2.32. The fourth-order valence-corrected chi connectivity index (χ4v) is 2.86. The molecule has 2 heterocycles. The highest BCUT2D eigenvalue weighted by atomic mass is 79.9. The standard InChI is InChI=1S/C12H14BrNOS/c1-8(2)14-5-9-3-4-12(15-9)10-6-16-7-11(10)13/h3-4,6-8,14H,5H2,1-2H3. The highest BCUT2D eigenvalue weighted by Gasteiger charge is 2.09. The molecule has 0 atom stereocenters. The van der Waals surface area contributed by atoms with Crippen LogP contribution in [0.1, 0.15) is 19.6 Å². The number of hydrogen-bond donors (Lipinski definition) is 1. The Morgan fingerprint density at radius 2 is 2.19 bits per heavy atom. The summed E-state index contributed by atoms with van der Waals surface area (Å²) in [5.74, 6) is 1.90. The van der Waals surface area contributed by atoms with Crippen LogP contribution in [0.3, 0.4) is 0 Å². The highest BCUT2D eigenvalue weighted by molar-refractivity contribution is 9.10. The van der Waals surface area contributed by atoms with Crippen molar-refractivity contribution >= 4 is 27.3 Å². The van der Waals surface area contributed by atoms with E-state index in [2.05, 4.69) is 45.9 Å². The largest absolute Gasteiger partial charge is 0.460 e. The number of furan rings is 1. The van der Waals surface area contributed by atoms with Gasteiger partial charge in [0, 0.05) is 26.8 Å². The van der Waals surface area contributed by atoms with Crippen molar-refractivity contribution in [2.24, 2.45) is 0 Å². The lowest BCUT2D eigenvalue weighted by Crippen LogP contribution is -2.21. The van der Waals surface area contributed by atoms with Crippen LogP contribution in [0.25, 0.3) is 11.3 Å². The van der Waals surface area contributed by atoms with E-state index in [1.165, 1.54) is 0 Å². The molecule has 0 aromatic carbocycles. The van der Waals surface area contributed by atoms with E-state index in [4.69, 9.17) is 4.42 Å². The molecule has 86 valence electrons. The number of rotatable bonds is 4. The van der Waals surface area contributed by atoms with Crippen molar-refractivity contribution in [2.45, 2.75) is 26.4 Å². The minimum absolute atomic E-state index is 0.474. The molecule has 0 aliphatic carbocycles. The molecule has 0 spiro atoms. The first-order chi connectivity index (χ1) is 7.66. The smallest absolute Gasteiger partial charge is 0.136 e. The molecule has 4 heteroatoms. The van der Waals surface area contributed by atoms with E-state index in [0.29, 0.717) is 6.04 Å². The number of nitrogens with one attached hydrogen (secondary N) is 1. The zero-order valence-electron chi connectivity index (χ0n) is 9.29. The number of hydrogen-bond acceptors (Lipinski definition) is 3. The Labute approximate surface area is 108 Å². The molecule has 1 N–H and O–H groups in total. The first kappa shape index (κ1) is 11.9. The van der Waals surface area contributed by atoms with E-state index in [9.17, 15) is 0 Å². The van der Waals surface area contributed by atoms with Crippen LogP contribution < -0.4 is 5.32 Å². The van der Waals surface area contributed by atoms with Crippen LogP contribution in [0.5, 0.6) is 0 Å². The predicted molar refractivity (Wildman–Crippen MR) is 71.7 cm³/mol. The topological polar surface area (TPSA) is 25.2 Å². The van der Waals surface area contributed by atoms with Gasteiger partial charge in [0.15, 0.2) is 0 Å². The second kappa shape index (κ2) is 5.17. The number of thiophene rings is 1. The van der Waals surface area contributed by atoms with Gasteiger partial charge in [0.05, 0.1) is 6.54 Å². The molecule has 0 aliphatic heterocycles. The molecule has 0 amide bonds. The van der Waals surface area contributed by atoms with Gasteiger partial charge in [0.25, 0.3) is 0 Å². The zero-order chi connectivity index (χ0) is 11.5. The Balaban J connectivity index is 2.11. The van der Waals surface area contributed by atoms with Crippen molar-refractivity contribution in [3.8, 4) is 11.3 Å². The molecule has 2 rings (SSSR count). The molecule has 0 bridgehead atoms. The molecule has 0 saturated heterocycles. The van der Waals surface area contributed by atoms with E-state index < -0.39 is 0 Å². The molecule has 16 heavy (non-hydrogen) atoms. The Kier molecular flexibility index (Phi) is 3.84.